The molecule has 0 amide bonds. The van der Waals surface area contributed by atoms with Crippen molar-refractivity contribution >= 4 is 10.4 Å². The van der Waals surface area contributed by atoms with Crippen molar-refractivity contribution in [3.63, 3.8) is 0 Å². The van der Waals surface area contributed by atoms with E-state index in [9.17, 15) is 8.42 Å². The monoisotopic (exact) mass is 266 g/mol. The van der Waals surface area contributed by atoms with Crippen molar-refractivity contribution in [2.45, 2.75) is 65.7 Å². The minimum Gasteiger partial charge on any atom is -0.264 e. The van der Waals surface area contributed by atoms with Crippen LogP contribution in [0.3, 0.4) is 0 Å². The summed E-state index contributed by atoms with van der Waals surface area (Å²) in [4.78, 5) is 0. The Morgan fingerprint density at radius 2 is 1.53 bits per heavy atom. The smallest absolute Gasteiger partial charge is 0.264 e. The molecule has 0 unspecified atom stereocenters. The van der Waals surface area contributed by atoms with Gasteiger partial charge in [0.05, 0.1) is 6.61 Å². The molecule has 1 N–H and O–H groups in total. The maximum atomic E-state index is 10.3. The molecule has 0 fully saturated rings. The summed E-state index contributed by atoms with van der Waals surface area (Å²) in [5, 5.41) is 0. The van der Waals surface area contributed by atoms with E-state index in [0.717, 1.165) is 12.8 Å². The SMILES string of the molecule is CCC(CC)(CC)CCCCCOS(=O)(=O)O. The van der Waals surface area contributed by atoms with Crippen molar-refractivity contribution in [3.05, 3.63) is 0 Å². The Hall–Kier alpha value is -0.130. The fraction of sp³-hybridized carbons (Fsp3) is 1.00. The zero-order valence-corrected chi connectivity index (χ0v) is 12.1. The van der Waals surface area contributed by atoms with Crippen molar-refractivity contribution in [2.75, 3.05) is 6.61 Å². The number of unbranched alkanes of at least 4 members (excludes halogenated alkanes) is 2. The van der Waals surface area contributed by atoms with E-state index in [2.05, 4.69) is 25.0 Å². The van der Waals surface area contributed by atoms with E-state index in [4.69, 9.17) is 4.55 Å². The van der Waals surface area contributed by atoms with Crippen LogP contribution in [0.1, 0.15) is 65.7 Å². The van der Waals surface area contributed by atoms with Crippen LogP contribution in [0.15, 0.2) is 0 Å². The number of hydrogen-bond donors (Lipinski definition) is 1. The lowest BCUT2D eigenvalue weighted by molar-refractivity contribution is 0.214. The van der Waals surface area contributed by atoms with Crippen LogP contribution < -0.4 is 0 Å². The van der Waals surface area contributed by atoms with Gasteiger partial charge in [-0.1, -0.05) is 52.9 Å². The van der Waals surface area contributed by atoms with Gasteiger partial charge >= 0.3 is 10.4 Å². The maximum Gasteiger partial charge on any atom is 0.397 e. The van der Waals surface area contributed by atoms with Crippen molar-refractivity contribution in [3.8, 4) is 0 Å². The molecule has 0 atom stereocenters. The van der Waals surface area contributed by atoms with Gasteiger partial charge in [-0.05, 0) is 18.3 Å². The van der Waals surface area contributed by atoms with Gasteiger partial charge in [-0.25, -0.2) is 4.18 Å². The lowest BCUT2D eigenvalue weighted by Crippen LogP contribution is -2.17. The first kappa shape index (κ1) is 16.9. The Balaban J connectivity index is 3.70. The van der Waals surface area contributed by atoms with Crippen LogP contribution in [0, 0.1) is 5.41 Å². The molecule has 0 aliphatic heterocycles. The summed E-state index contributed by atoms with van der Waals surface area (Å²) in [7, 11) is -4.25. The first-order valence-corrected chi connectivity index (χ1v) is 7.87. The molecule has 0 saturated carbocycles. The van der Waals surface area contributed by atoms with Gasteiger partial charge in [0.15, 0.2) is 0 Å². The van der Waals surface area contributed by atoms with E-state index in [1.807, 2.05) is 0 Å². The molecule has 0 aromatic heterocycles. The Morgan fingerprint density at radius 1 is 1.00 bits per heavy atom. The highest BCUT2D eigenvalue weighted by atomic mass is 32.3. The van der Waals surface area contributed by atoms with Crippen LogP contribution in [0.5, 0.6) is 0 Å². The van der Waals surface area contributed by atoms with Gasteiger partial charge in [-0.3, -0.25) is 4.55 Å². The highest BCUT2D eigenvalue weighted by Gasteiger charge is 2.22. The van der Waals surface area contributed by atoms with Gasteiger partial charge in [0.25, 0.3) is 0 Å². The van der Waals surface area contributed by atoms with Crippen LogP contribution >= 0.6 is 0 Å². The molecule has 0 spiro atoms. The lowest BCUT2D eigenvalue weighted by Gasteiger charge is -2.30. The van der Waals surface area contributed by atoms with E-state index in [-0.39, 0.29) is 6.61 Å². The van der Waals surface area contributed by atoms with Gasteiger partial charge in [-0.2, -0.15) is 8.42 Å². The molecule has 0 aromatic rings. The molecule has 0 radical (unpaired) electrons. The zero-order chi connectivity index (χ0) is 13.4. The lowest BCUT2D eigenvalue weighted by atomic mass is 9.76. The first-order valence-electron chi connectivity index (χ1n) is 6.51. The van der Waals surface area contributed by atoms with E-state index in [0.29, 0.717) is 11.8 Å². The van der Waals surface area contributed by atoms with Gasteiger partial charge < -0.3 is 0 Å². The van der Waals surface area contributed by atoms with Crippen LogP contribution in [-0.2, 0) is 14.6 Å². The zero-order valence-electron chi connectivity index (χ0n) is 11.2. The topological polar surface area (TPSA) is 63.6 Å². The van der Waals surface area contributed by atoms with Crippen molar-refractivity contribution < 1.29 is 17.2 Å². The predicted octanol–water partition coefficient (Wildman–Crippen LogP) is 3.58. The van der Waals surface area contributed by atoms with Gasteiger partial charge in [0.2, 0.25) is 0 Å². The Bertz CT molecular complexity index is 273. The third-order valence-corrected chi connectivity index (χ3v) is 4.30. The second-order valence-electron chi connectivity index (χ2n) is 4.62. The minimum absolute atomic E-state index is 0.0796. The Morgan fingerprint density at radius 3 is 1.94 bits per heavy atom. The second kappa shape index (κ2) is 8.06. The van der Waals surface area contributed by atoms with Gasteiger partial charge in [-0.15, -0.1) is 0 Å². The first-order chi connectivity index (χ1) is 7.89. The van der Waals surface area contributed by atoms with E-state index >= 15 is 0 Å². The molecular formula is C12H26O4S. The summed E-state index contributed by atoms with van der Waals surface area (Å²) < 4.78 is 33.2. The standard InChI is InChI=1S/C12H26O4S/c1-4-12(5-2,6-3)10-8-7-9-11-16-17(13,14)15/h4-11H2,1-3H3,(H,13,14,15). The molecule has 5 heteroatoms. The molecule has 0 aliphatic carbocycles. The molecule has 104 valence electrons. The second-order valence-corrected chi connectivity index (χ2v) is 5.71. The van der Waals surface area contributed by atoms with Gasteiger partial charge in [0, 0.05) is 0 Å². The third kappa shape index (κ3) is 7.73. The minimum atomic E-state index is -4.25. The highest BCUT2D eigenvalue weighted by Crippen LogP contribution is 2.35. The summed E-state index contributed by atoms with van der Waals surface area (Å²) in [6.07, 6.45) is 7.47. The summed E-state index contributed by atoms with van der Waals surface area (Å²) >= 11 is 0. The molecule has 0 aromatic carbocycles. The average Bonchev–Trinajstić information content (AvgIpc) is 2.28. The Kier molecular flexibility index (Phi) is 8.00. The summed E-state index contributed by atoms with van der Waals surface area (Å²) in [5.41, 5.74) is 0.448. The summed E-state index contributed by atoms with van der Waals surface area (Å²) in [5.74, 6) is 0. The fourth-order valence-electron chi connectivity index (χ4n) is 2.22. The van der Waals surface area contributed by atoms with Gasteiger partial charge in [0.1, 0.15) is 0 Å². The molecule has 0 heterocycles. The Labute approximate surface area is 106 Å². The molecule has 0 rings (SSSR count). The van der Waals surface area contributed by atoms with E-state index in [1.165, 1.54) is 25.7 Å². The van der Waals surface area contributed by atoms with Crippen LogP contribution in [0.2, 0.25) is 0 Å². The van der Waals surface area contributed by atoms with Crippen LogP contribution in [0.4, 0.5) is 0 Å². The van der Waals surface area contributed by atoms with E-state index < -0.39 is 10.4 Å². The summed E-state index contributed by atoms with van der Waals surface area (Å²) in [6, 6.07) is 0. The molecule has 0 aliphatic rings. The third-order valence-electron chi connectivity index (χ3n) is 3.83. The maximum absolute atomic E-state index is 10.3. The fourth-order valence-corrected chi connectivity index (χ4v) is 2.55. The highest BCUT2D eigenvalue weighted by molar-refractivity contribution is 7.80. The molecule has 0 saturated heterocycles. The van der Waals surface area contributed by atoms with Crippen molar-refractivity contribution in [1.82, 2.24) is 0 Å². The molecular weight excluding hydrogens is 240 g/mol. The van der Waals surface area contributed by atoms with Crippen LogP contribution in [-0.4, -0.2) is 19.6 Å². The average molecular weight is 266 g/mol. The predicted molar refractivity (Wildman–Crippen MR) is 69.3 cm³/mol. The van der Waals surface area contributed by atoms with Crippen molar-refractivity contribution in [2.24, 2.45) is 5.41 Å². The van der Waals surface area contributed by atoms with E-state index in [1.54, 1.807) is 0 Å². The van der Waals surface area contributed by atoms with Crippen LogP contribution in [0.25, 0.3) is 0 Å². The normalized spacial score (nSPS) is 12.9. The molecule has 17 heavy (non-hydrogen) atoms. The quantitative estimate of drug-likeness (QED) is 0.485. The number of hydrogen-bond acceptors (Lipinski definition) is 3. The largest absolute Gasteiger partial charge is 0.397 e. The molecule has 0 bridgehead atoms. The summed E-state index contributed by atoms with van der Waals surface area (Å²) in [6.45, 7) is 6.77. The molecule has 4 nitrogen and oxygen atoms in total. The van der Waals surface area contributed by atoms with Crippen molar-refractivity contribution in [1.29, 1.82) is 0 Å². The number of rotatable bonds is 10.